The van der Waals surface area contributed by atoms with Crippen LogP contribution in [0, 0.1) is 0 Å². The molecule has 1 amide bonds. The van der Waals surface area contributed by atoms with E-state index < -0.39 is 17.2 Å². The van der Waals surface area contributed by atoms with Gasteiger partial charge in [-0.2, -0.15) is 0 Å². The number of nitrogens with one attached hydrogen (secondary N) is 3. The molecule has 9 nitrogen and oxygen atoms in total. The standard InChI is InChI=1S/C19H35N7O2/c1-7-19(8-2,23-17(27)28-18(3,4)5)13-22-16(20-6)21-12-15-25-24-14-10-9-11-26(14)15/h7-13H2,1-6H3,(H,23,27)(H2,20,21,22). The van der Waals surface area contributed by atoms with Crippen molar-refractivity contribution in [1.82, 2.24) is 30.7 Å². The Bertz CT molecular complexity index is 687. The average molecular weight is 394 g/mol. The molecular formula is C19H35N7O2. The van der Waals surface area contributed by atoms with Gasteiger partial charge in [0.15, 0.2) is 11.8 Å². The van der Waals surface area contributed by atoms with Crippen molar-refractivity contribution in [2.75, 3.05) is 13.6 Å². The Morgan fingerprint density at radius 3 is 2.54 bits per heavy atom. The van der Waals surface area contributed by atoms with Crippen LogP contribution in [0.25, 0.3) is 0 Å². The number of fused-ring (bicyclic) bond motifs is 1. The summed E-state index contributed by atoms with van der Waals surface area (Å²) < 4.78 is 7.59. The van der Waals surface area contributed by atoms with Crippen LogP contribution in [0.3, 0.4) is 0 Å². The second kappa shape index (κ2) is 9.25. The van der Waals surface area contributed by atoms with Crippen LogP contribution in [-0.4, -0.2) is 51.5 Å². The van der Waals surface area contributed by atoms with E-state index in [1.807, 2.05) is 20.8 Å². The molecule has 28 heavy (non-hydrogen) atoms. The summed E-state index contributed by atoms with van der Waals surface area (Å²) in [5.74, 6) is 2.63. The Kier molecular flexibility index (Phi) is 7.26. The van der Waals surface area contributed by atoms with Crippen LogP contribution in [0.1, 0.15) is 65.5 Å². The van der Waals surface area contributed by atoms with Gasteiger partial charge in [-0.25, -0.2) is 4.79 Å². The Balaban J connectivity index is 1.91. The number of carbonyl (C=O) groups is 1. The van der Waals surface area contributed by atoms with Gasteiger partial charge in [0.2, 0.25) is 0 Å². The molecule has 2 rings (SSSR count). The van der Waals surface area contributed by atoms with Gasteiger partial charge in [-0.1, -0.05) is 13.8 Å². The third kappa shape index (κ3) is 5.84. The van der Waals surface area contributed by atoms with Crippen LogP contribution in [0.5, 0.6) is 0 Å². The predicted octanol–water partition coefficient (Wildman–Crippen LogP) is 1.97. The van der Waals surface area contributed by atoms with E-state index in [4.69, 9.17) is 4.74 Å². The summed E-state index contributed by atoms with van der Waals surface area (Å²) in [7, 11) is 1.73. The Morgan fingerprint density at radius 2 is 1.93 bits per heavy atom. The normalized spacial score (nSPS) is 14.6. The van der Waals surface area contributed by atoms with Crippen molar-refractivity contribution in [1.29, 1.82) is 0 Å². The number of aromatic nitrogens is 3. The van der Waals surface area contributed by atoms with Crippen LogP contribution in [0.2, 0.25) is 0 Å². The van der Waals surface area contributed by atoms with Crippen molar-refractivity contribution in [2.45, 2.75) is 84.5 Å². The zero-order valence-corrected chi connectivity index (χ0v) is 18.1. The summed E-state index contributed by atoms with van der Waals surface area (Å²) in [6.07, 6.45) is 3.25. The molecule has 0 radical (unpaired) electrons. The molecule has 0 atom stereocenters. The second-order valence-electron chi connectivity index (χ2n) is 8.18. The van der Waals surface area contributed by atoms with Gasteiger partial charge < -0.3 is 25.3 Å². The minimum atomic E-state index is -0.527. The Morgan fingerprint density at radius 1 is 1.21 bits per heavy atom. The molecule has 0 aliphatic carbocycles. The molecule has 0 saturated heterocycles. The number of rotatable bonds is 7. The highest BCUT2D eigenvalue weighted by atomic mass is 16.6. The average Bonchev–Trinajstić information content (AvgIpc) is 3.23. The maximum absolute atomic E-state index is 12.3. The zero-order chi connectivity index (χ0) is 20.8. The van der Waals surface area contributed by atoms with Crippen LogP contribution in [-0.2, 0) is 24.2 Å². The fourth-order valence-corrected chi connectivity index (χ4v) is 3.22. The fraction of sp³-hybridized carbons (Fsp3) is 0.789. The molecule has 3 N–H and O–H groups in total. The van der Waals surface area contributed by atoms with Gasteiger partial charge in [0.1, 0.15) is 11.4 Å². The van der Waals surface area contributed by atoms with Crippen molar-refractivity contribution in [3.05, 3.63) is 11.6 Å². The first-order valence-electron chi connectivity index (χ1n) is 10.1. The molecule has 1 aromatic rings. The summed E-state index contributed by atoms with van der Waals surface area (Å²) in [5, 5.41) is 18.1. The molecule has 2 heterocycles. The SMILES string of the molecule is CCC(CC)(CNC(=NC)NCc1nnc2n1CCC2)NC(=O)OC(C)(C)C. The van der Waals surface area contributed by atoms with E-state index in [1.54, 1.807) is 7.05 Å². The number of aryl methyl sites for hydroxylation is 1. The maximum Gasteiger partial charge on any atom is 0.408 e. The molecule has 0 spiro atoms. The van der Waals surface area contributed by atoms with Crippen molar-refractivity contribution in [3.8, 4) is 0 Å². The number of hydrogen-bond acceptors (Lipinski definition) is 5. The van der Waals surface area contributed by atoms with E-state index in [2.05, 4.69) is 49.6 Å². The van der Waals surface area contributed by atoms with Crippen LogP contribution < -0.4 is 16.0 Å². The third-order valence-corrected chi connectivity index (χ3v) is 5.04. The van der Waals surface area contributed by atoms with Gasteiger partial charge in [0, 0.05) is 26.6 Å². The molecule has 0 unspecified atom stereocenters. The lowest BCUT2D eigenvalue weighted by Gasteiger charge is -2.34. The molecule has 1 aromatic heterocycles. The summed E-state index contributed by atoms with van der Waals surface area (Å²) >= 11 is 0. The van der Waals surface area contributed by atoms with Gasteiger partial charge in [-0.3, -0.25) is 4.99 Å². The second-order valence-corrected chi connectivity index (χ2v) is 8.18. The van der Waals surface area contributed by atoms with Crippen LogP contribution in [0.4, 0.5) is 4.79 Å². The zero-order valence-electron chi connectivity index (χ0n) is 18.1. The lowest BCUT2D eigenvalue weighted by atomic mass is 9.93. The third-order valence-electron chi connectivity index (χ3n) is 5.04. The lowest BCUT2D eigenvalue weighted by molar-refractivity contribution is 0.0448. The van der Waals surface area contributed by atoms with Gasteiger partial charge >= 0.3 is 6.09 Å². The van der Waals surface area contributed by atoms with E-state index in [9.17, 15) is 4.79 Å². The first-order chi connectivity index (χ1) is 13.2. The number of hydrogen-bond donors (Lipinski definition) is 3. The predicted molar refractivity (Wildman–Crippen MR) is 109 cm³/mol. The minimum Gasteiger partial charge on any atom is -0.444 e. The first-order valence-corrected chi connectivity index (χ1v) is 10.1. The molecule has 9 heteroatoms. The number of aliphatic imine (C=N–C) groups is 1. The smallest absolute Gasteiger partial charge is 0.408 e. The summed E-state index contributed by atoms with van der Waals surface area (Å²) in [6, 6.07) is 0. The number of alkyl carbamates (subject to hydrolysis) is 1. The van der Waals surface area contributed by atoms with E-state index in [0.29, 0.717) is 19.0 Å². The summed E-state index contributed by atoms with van der Waals surface area (Å²) in [5.41, 5.74) is -0.948. The van der Waals surface area contributed by atoms with Crippen molar-refractivity contribution >= 4 is 12.1 Å². The van der Waals surface area contributed by atoms with Gasteiger partial charge in [0.25, 0.3) is 0 Å². The van der Waals surface area contributed by atoms with Crippen molar-refractivity contribution in [2.24, 2.45) is 4.99 Å². The van der Waals surface area contributed by atoms with E-state index in [1.165, 1.54) is 0 Å². The van der Waals surface area contributed by atoms with Gasteiger partial charge in [-0.15, -0.1) is 10.2 Å². The molecular weight excluding hydrogens is 358 g/mol. The molecule has 0 aromatic carbocycles. The number of carbonyl (C=O) groups excluding carboxylic acids is 1. The minimum absolute atomic E-state index is 0.403. The molecule has 0 saturated carbocycles. The van der Waals surface area contributed by atoms with Crippen molar-refractivity contribution in [3.63, 3.8) is 0 Å². The Labute approximate surface area is 167 Å². The van der Waals surface area contributed by atoms with Gasteiger partial charge in [-0.05, 0) is 40.0 Å². The highest BCUT2D eigenvalue weighted by molar-refractivity contribution is 5.79. The molecule has 1 aliphatic rings. The van der Waals surface area contributed by atoms with E-state index >= 15 is 0 Å². The molecule has 0 fully saturated rings. The van der Waals surface area contributed by atoms with E-state index in [-0.39, 0.29) is 0 Å². The largest absolute Gasteiger partial charge is 0.444 e. The molecule has 0 bridgehead atoms. The maximum atomic E-state index is 12.3. The molecule has 1 aliphatic heterocycles. The summed E-state index contributed by atoms with van der Waals surface area (Å²) in [6.45, 7) is 11.7. The number of ether oxygens (including phenoxy) is 1. The number of nitrogens with zero attached hydrogens (tertiary/aromatic N) is 4. The number of guanidine groups is 1. The first kappa shape index (κ1) is 22.0. The van der Waals surface area contributed by atoms with Gasteiger partial charge in [0.05, 0.1) is 12.1 Å². The topological polar surface area (TPSA) is 105 Å². The Hall–Kier alpha value is -2.32. The summed E-state index contributed by atoms with van der Waals surface area (Å²) in [4.78, 5) is 16.6. The monoisotopic (exact) mass is 393 g/mol. The van der Waals surface area contributed by atoms with Crippen LogP contribution >= 0.6 is 0 Å². The number of amides is 1. The molecule has 158 valence electrons. The van der Waals surface area contributed by atoms with E-state index in [0.717, 1.165) is 43.9 Å². The van der Waals surface area contributed by atoms with Crippen LogP contribution in [0.15, 0.2) is 4.99 Å². The lowest BCUT2D eigenvalue weighted by Crippen LogP contribution is -2.57. The quantitative estimate of drug-likeness (QED) is 0.483. The fourth-order valence-electron chi connectivity index (χ4n) is 3.22. The van der Waals surface area contributed by atoms with Crippen molar-refractivity contribution < 1.29 is 9.53 Å². The highest BCUT2D eigenvalue weighted by Gasteiger charge is 2.30. The highest BCUT2D eigenvalue weighted by Crippen LogP contribution is 2.16.